The number of hydrogen-bond acceptors (Lipinski definition) is 6. The zero-order valence-corrected chi connectivity index (χ0v) is 16.1. The van der Waals surface area contributed by atoms with E-state index in [1.807, 2.05) is 31.3 Å². The van der Waals surface area contributed by atoms with Gasteiger partial charge in [0, 0.05) is 18.8 Å². The maximum absolute atomic E-state index is 13.0. The average Bonchev–Trinajstić information content (AvgIpc) is 3.04. The van der Waals surface area contributed by atoms with E-state index in [0.29, 0.717) is 16.7 Å². The Morgan fingerprint density at radius 3 is 2.63 bits per heavy atom. The molecule has 0 radical (unpaired) electrons. The summed E-state index contributed by atoms with van der Waals surface area (Å²) in [7, 11) is 3.64. The highest BCUT2D eigenvalue weighted by molar-refractivity contribution is 7.99. The second-order valence-corrected chi connectivity index (χ2v) is 7.15. The average molecular weight is 387 g/mol. The molecule has 27 heavy (non-hydrogen) atoms. The summed E-state index contributed by atoms with van der Waals surface area (Å²) in [4.78, 5) is 2.17. The molecule has 3 rings (SSSR count). The summed E-state index contributed by atoms with van der Waals surface area (Å²) in [5.74, 6) is 8.03. The van der Waals surface area contributed by atoms with Gasteiger partial charge < -0.3 is 15.5 Å². The van der Waals surface area contributed by atoms with Crippen molar-refractivity contribution in [3.05, 3.63) is 59.9 Å². The van der Waals surface area contributed by atoms with Gasteiger partial charge in [-0.1, -0.05) is 36.0 Å². The molecule has 1 heterocycles. The van der Waals surface area contributed by atoms with Crippen molar-refractivity contribution in [3.63, 3.8) is 0 Å². The van der Waals surface area contributed by atoms with Crippen LogP contribution in [0.4, 0.5) is 4.39 Å². The van der Waals surface area contributed by atoms with E-state index >= 15 is 0 Å². The smallest absolute Gasteiger partial charge is 0.210 e. The number of ether oxygens (including phenoxy) is 1. The van der Waals surface area contributed by atoms with Crippen LogP contribution in [0.3, 0.4) is 0 Å². The zero-order chi connectivity index (χ0) is 19.2. The summed E-state index contributed by atoms with van der Waals surface area (Å²) in [6.45, 7) is 1.58. The van der Waals surface area contributed by atoms with Crippen LogP contribution in [0, 0.1) is 5.82 Å². The molecule has 8 heteroatoms. The molecule has 0 aliphatic rings. The van der Waals surface area contributed by atoms with Crippen molar-refractivity contribution in [2.24, 2.45) is 0 Å². The van der Waals surface area contributed by atoms with Crippen LogP contribution in [-0.2, 0) is 6.54 Å². The molecule has 2 aromatic carbocycles. The third kappa shape index (κ3) is 4.78. The van der Waals surface area contributed by atoms with Gasteiger partial charge in [0.15, 0.2) is 5.82 Å². The number of nitrogen functional groups attached to an aromatic ring is 1. The molecule has 2 N–H and O–H groups in total. The van der Waals surface area contributed by atoms with E-state index in [0.717, 1.165) is 30.0 Å². The lowest BCUT2D eigenvalue weighted by Gasteiger charge is -2.16. The third-order valence-electron chi connectivity index (χ3n) is 4.08. The summed E-state index contributed by atoms with van der Waals surface area (Å²) in [5, 5.41) is 9.04. The lowest BCUT2D eigenvalue weighted by atomic mass is 10.2. The van der Waals surface area contributed by atoms with Gasteiger partial charge in [-0.15, -0.1) is 10.2 Å². The van der Waals surface area contributed by atoms with E-state index in [4.69, 9.17) is 10.6 Å². The molecular formula is C19H22FN5OS. The Morgan fingerprint density at radius 2 is 1.89 bits per heavy atom. The van der Waals surface area contributed by atoms with Gasteiger partial charge in [0.25, 0.3) is 0 Å². The molecule has 0 unspecified atom stereocenters. The normalized spacial score (nSPS) is 11.1. The molecule has 3 aromatic rings. The van der Waals surface area contributed by atoms with Gasteiger partial charge >= 0.3 is 0 Å². The lowest BCUT2D eigenvalue weighted by molar-refractivity contribution is 0.348. The van der Waals surface area contributed by atoms with Gasteiger partial charge in [-0.2, -0.15) is 0 Å². The number of benzene rings is 2. The molecule has 0 saturated heterocycles. The van der Waals surface area contributed by atoms with Crippen molar-refractivity contribution >= 4 is 11.8 Å². The minimum atomic E-state index is -0.218. The van der Waals surface area contributed by atoms with Gasteiger partial charge in [0.1, 0.15) is 11.6 Å². The van der Waals surface area contributed by atoms with Gasteiger partial charge in [0.2, 0.25) is 5.16 Å². The van der Waals surface area contributed by atoms with Crippen LogP contribution in [0.1, 0.15) is 5.56 Å². The van der Waals surface area contributed by atoms with Crippen molar-refractivity contribution in [1.29, 1.82) is 0 Å². The summed E-state index contributed by atoms with van der Waals surface area (Å²) < 4.78 is 19.8. The van der Waals surface area contributed by atoms with Crippen LogP contribution in [0.15, 0.2) is 53.7 Å². The SMILES string of the molecule is COc1ccccc1-c1nnc(SCCN(C)Cc2ccc(F)cc2)n1N. The Balaban J connectivity index is 1.57. The molecule has 0 aliphatic carbocycles. The summed E-state index contributed by atoms with van der Waals surface area (Å²) in [5.41, 5.74) is 1.87. The largest absolute Gasteiger partial charge is 0.496 e. The molecule has 1 aromatic heterocycles. The first-order chi connectivity index (χ1) is 13.1. The van der Waals surface area contributed by atoms with Crippen LogP contribution in [0.5, 0.6) is 5.75 Å². The molecule has 0 bridgehead atoms. The minimum absolute atomic E-state index is 0.218. The second-order valence-electron chi connectivity index (χ2n) is 6.09. The summed E-state index contributed by atoms with van der Waals surface area (Å²) in [6.07, 6.45) is 0. The minimum Gasteiger partial charge on any atom is -0.496 e. The fourth-order valence-electron chi connectivity index (χ4n) is 2.66. The number of methoxy groups -OCH3 is 1. The van der Waals surface area contributed by atoms with Crippen molar-refractivity contribution in [2.45, 2.75) is 11.7 Å². The van der Waals surface area contributed by atoms with E-state index in [2.05, 4.69) is 15.1 Å². The number of rotatable bonds is 8. The molecular weight excluding hydrogens is 365 g/mol. The fourth-order valence-corrected chi connectivity index (χ4v) is 3.57. The monoisotopic (exact) mass is 387 g/mol. The number of hydrogen-bond donors (Lipinski definition) is 1. The summed E-state index contributed by atoms with van der Waals surface area (Å²) in [6, 6.07) is 14.1. The molecule has 0 fully saturated rings. The fraction of sp³-hybridized carbons (Fsp3) is 0.263. The molecule has 142 valence electrons. The number of aromatic nitrogens is 3. The van der Waals surface area contributed by atoms with E-state index in [1.54, 1.807) is 19.2 Å². The van der Waals surface area contributed by atoms with Crippen LogP contribution in [0.25, 0.3) is 11.4 Å². The van der Waals surface area contributed by atoms with Crippen LogP contribution >= 0.6 is 11.8 Å². The molecule has 6 nitrogen and oxygen atoms in total. The Hall–Kier alpha value is -2.58. The number of para-hydroxylation sites is 1. The Kier molecular flexibility index (Phi) is 6.31. The molecule has 0 spiro atoms. The number of thioether (sulfide) groups is 1. The van der Waals surface area contributed by atoms with Crippen molar-refractivity contribution in [3.8, 4) is 17.1 Å². The predicted molar refractivity (Wildman–Crippen MR) is 106 cm³/mol. The van der Waals surface area contributed by atoms with Gasteiger partial charge in [-0.25, -0.2) is 9.07 Å². The van der Waals surface area contributed by atoms with Crippen LogP contribution in [0.2, 0.25) is 0 Å². The number of nitrogens with two attached hydrogens (primary N) is 1. The van der Waals surface area contributed by atoms with Crippen molar-refractivity contribution in [1.82, 2.24) is 19.8 Å². The number of nitrogens with zero attached hydrogens (tertiary/aromatic N) is 4. The molecule has 0 aliphatic heterocycles. The van der Waals surface area contributed by atoms with Crippen LogP contribution in [-0.4, -0.2) is 46.2 Å². The van der Waals surface area contributed by atoms with Gasteiger partial charge in [-0.3, -0.25) is 0 Å². The van der Waals surface area contributed by atoms with E-state index < -0.39 is 0 Å². The first-order valence-corrected chi connectivity index (χ1v) is 9.46. The van der Waals surface area contributed by atoms with E-state index in [1.165, 1.54) is 28.6 Å². The van der Waals surface area contributed by atoms with Crippen molar-refractivity contribution < 1.29 is 9.13 Å². The lowest BCUT2D eigenvalue weighted by Crippen LogP contribution is -2.21. The Bertz CT molecular complexity index is 884. The van der Waals surface area contributed by atoms with E-state index in [9.17, 15) is 4.39 Å². The second kappa shape index (κ2) is 8.88. The quantitative estimate of drug-likeness (QED) is 0.473. The number of halogens is 1. The topological polar surface area (TPSA) is 69.2 Å². The highest BCUT2D eigenvalue weighted by Crippen LogP contribution is 2.29. The summed E-state index contributed by atoms with van der Waals surface area (Å²) >= 11 is 1.54. The maximum atomic E-state index is 13.0. The standard InChI is InChI=1S/C19H22FN5OS/c1-24(13-14-7-9-15(20)10-8-14)11-12-27-19-23-22-18(25(19)21)16-5-3-4-6-17(16)26-2/h3-10H,11-13,21H2,1-2H3. The van der Waals surface area contributed by atoms with E-state index in [-0.39, 0.29) is 5.82 Å². The van der Waals surface area contributed by atoms with Crippen molar-refractivity contribution in [2.75, 3.05) is 32.3 Å². The zero-order valence-electron chi connectivity index (χ0n) is 15.3. The van der Waals surface area contributed by atoms with Gasteiger partial charge in [0.05, 0.1) is 12.7 Å². The molecule has 0 saturated carbocycles. The Morgan fingerprint density at radius 1 is 1.15 bits per heavy atom. The van der Waals surface area contributed by atoms with Crippen LogP contribution < -0.4 is 10.6 Å². The Labute approximate surface area is 162 Å². The first kappa shape index (κ1) is 19.2. The van der Waals surface area contributed by atoms with Gasteiger partial charge in [-0.05, 0) is 36.9 Å². The predicted octanol–water partition coefficient (Wildman–Crippen LogP) is 3.03. The highest BCUT2D eigenvalue weighted by atomic mass is 32.2. The maximum Gasteiger partial charge on any atom is 0.210 e. The first-order valence-electron chi connectivity index (χ1n) is 8.48. The highest BCUT2D eigenvalue weighted by Gasteiger charge is 2.15. The molecule has 0 amide bonds. The molecule has 0 atom stereocenters. The third-order valence-corrected chi connectivity index (χ3v) is 5.01.